The van der Waals surface area contributed by atoms with Gasteiger partial charge in [-0.25, -0.2) is 0 Å². The summed E-state index contributed by atoms with van der Waals surface area (Å²) in [5, 5.41) is 8.91. The number of anilines is 3. The zero-order chi connectivity index (χ0) is 19.9. The molecule has 28 heavy (non-hydrogen) atoms. The second-order valence-electron chi connectivity index (χ2n) is 6.77. The number of ether oxygens (including phenoxy) is 1. The van der Waals surface area contributed by atoms with Crippen LogP contribution in [-0.2, 0) is 9.59 Å². The molecular formula is C22H25N3O3. The van der Waals surface area contributed by atoms with Gasteiger partial charge in [0, 0.05) is 23.0 Å². The number of rotatable bonds is 9. The Morgan fingerprint density at radius 3 is 2.43 bits per heavy atom. The Kier molecular flexibility index (Phi) is 6.32. The summed E-state index contributed by atoms with van der Waals surface area (Å²) in [6.45, 7) is 6.08. The van der Waals surface area contributed by atoms with Crippen LogP contribution in [0.3, 0.4) is 0 Å². The van der Waals surface area contributed by atoms with E-state index in [2.05, 4.69) is 22.5 Å². The standard InChI is InChI=1S/C22H25N3O3/c1-3-13-28-18-11-9-17(10-12-18)23-14-21(26)24-19-5-4-6-20(15(19)2)25-22(27)16-7-8-16/h3-6,9-12,16,23H,1,7-8,13-14H2,2H3,(H,24,26)(H,25,27). The van der Waals surface area contributed by atoms with Crippen LogP contribution in [0.1, 0.15) is 18.4 Å². The first-order valence-electron chi connectivity index (χ1n) is 9.35. The van der Waals surface area contributed by atoms with Crippen molar-refractivity contribution in [2.24, 2.45) is 5.92 Å². The zero-order valence-electron chi connectivity index (χ0n) is 16.0. The molecule has 2 aromatic rings. The van der Waals surface area contributed by atoms with Crippen LogP contribution in [-0.4, -0.2) is 25.0 Å². The van der Waals surface area contributed by atoms with E-state index < -0.39 is 0 Å². The van der Waals surface area contributed by atoms with E-state index in [0.717, 1.165) is 35.5 Å². The average Bonchev–Trinajstić information content (AvgIpc) is 3.54. The number of nitrogens with one attached hydrogen (secondary N) is 3. The minimum Gasteiger partial charge on any atom is -0.490 e. The van der Waals surface area contributed by atoms with Crippen molar-refractivity contribution in [3.8, 4) is 5.75 Å². The number of benzene rings is 2. The predicted octanol–water partition coefficient (Wildman–Crippen LogP) is 3.96. The van der Waals surface area contributed by atoms with Gasteiger partial charge in [0.05, 0.1) is 6.54 Å². The van der Waals surface area contributed by atoms with Crippen molar-refractivity contribution < 1.29 is 14.3 Å². The van der Waals surface area contributed by atoms with Crippen molar-refractivity contribution in [1.29, 1.82) is 0 Å². The van der Waals surface area contributed by atoms with Crippen LogP contribution in [0.2, 0.25) is 0 Å². The number of amides is 2. The molecule has 3 N–H and O–H groups in total. The molecule has 6 heteroatoms. The molecule has 146 valence electrons. The highest BCUT2D eigenvalue weighted by Crippen LogP contribution is 2.31. The molecule has 1 fully saturated rings. The van der Waals surface area contributed by atoms with Crippen molar-refractivity contribution in [2.75, 3.05) is 29.1 Å². The Bertz CT molecular complexity index is 858. The third-order valence-corrected chi connectivity index (χ3v) is 4.49. The lowest BCUT2D eigenvalue weighted by Crippen LogP contribution is -2.22. The van der Waals surface area contributed by atoms with Crippen LogP contribution < -0.4 is 20.7 Å². The second kappa shape index (κ2) is 9.08. The van der Waals surface area contributed by atoms with Gasteiger partial charge in [-0.1, -0.05) is 18.7 Å². The summed E-state index contributed by atoms with van der Waals surface area (Å²) >= 11 is 0. The molecule has 1 aliphatic carbocycles. The SMILES string of the molecule is C=CCOc1ccc(NCC(=O)Nc2cccc(NC(=O)C3CC3)c2C)cc1. The van der Waals surface area contributed by atoms with Crippen LogP contribution in [0.5, 0.6) is 5.75 Å². The lowest BCUT2D eigenvalue weighted by molar-refractivity contribution is -0.117. The average molecular weight is 379 g/mol. The monoisotopic (exact) mass is 379 g/mol. The fourth-order valence-electron chi connectivity index (χ4n) is 2.69. The summed E-state index contributed by atoms with van der Waals surface area (Å²) in [6, 6.07) is 12.9. The van der Waals surface area contributed by atoms with E-state index in [9.17, 15) is 9.59 Å². The molecule has 2 aromatic carbocycles. The lowest BCUT2D eigenvalue weighted by Gasteiger charge is -2.14. The molecule has 0 unspecified atom stereocenters. The summed E-state index contributed by atoms with van der Waals surface area (Å²) < 4.78 is 5.43. The van der Waals surface area contributed by atoms with E-state index in [1.807, 2.05) is 49.4 Å². The molecule has 0 saturated heterocycles. The highest BCUT2D eigenvalue weighted by molar-refractivity contribution is 5.98. The minimum absolute atomic E-state index is 0.0498. The van der Waals surface area contributed by atoms with Crippen LogP contribution in [0.15, 0.2) is 55.1 Å². The van der Waals surface area contributed by atoms with Crippen molar-refractivity contribution >= 4 is 28.9 Å². The van der Waals surface area contributed by atoms with Gasteiger partial charge in [0.1, 0.15) is 12.4 Å². The van der Waals surface area contributed by atoms with E-state index >= 15 is 0 Å². The van der Waals surface area contributed by atoms with Gasteiger partial charge in [-0.3, -0.25) is 9.59 Å². The van der Waals surface area contributed by atoms with Crippen LogP contribution in [0.4, 0.5) is 17.1 Å². The van der Waals surface area contributed by atoms with E-state index in [4.69, 9.17) is 4.74 Å². The first kappa shape index (κ1) is 19.5. The molecular weight excluding hydrogens is 354 g/mol. The van der Waals surface area contributed by atoms with Crippen molar-refractivity contribution in [3.05, 3.63) is 60.7 Å². The molecule has 0 aromatic heterocycles. The van der Waals surface area contributed by atoms with Crippen LogP contribution >= 0.6 is 0 Å². The molecule has 0 aliphatic heterocycles. The maximum absolute atomic E-state index is 12.3. The molecule has 1 aliphatic rings. The largest absolute Gasteiger partial charge is 0.490 e. The Labute approximate surface area is 165 Å². The number of carbonyl (C=O) groups is 2. The molecule has 0 heterocycles. The van der Waals surface area contributed by atoms with Gasteiger partial charge >= 0.3 is 0 Å². The van der Waals surface area contributed by atoms with Crippen LogP contribution in [0, 0.1) is 12.8 Å². The van der Waals surface area contributed by atoms with E-state index in [-0.39, 0.29) is 24.3 Å². The quantitative estimate of drug-likeness (QED) is 0.576. The summed E-state index contributed by atoms with van der Waals surface area (Å²) in [5.74, 6) is 0.764. The first-order chi connectivity index (χ1) is 13.6. The molecule has 1 saturated carbocycles. The topological polar surface area (TPSA) is 79.5 Å². The van der Waals surface area contributed by atoms with Crippen molar-refractivity contribution in [3.63, 3.8) is 0 Å². The van der Waals surface area contributed by atoms with Gasteiger partial charge in [0.15, 0.2) is 0 Å². The van der Waals surface area contributed by atoms with Gasteiger partial charge in [0.25, 0.3) is 0 Å². The fourth-order valence-corrected chi connectivity index (χ4v) is 2.69. The first-order valence-corrected chi connectivity index (χ1v) is 9.35. The molecule has 3 rings (SSSR count). The molecule has 6 nitrogen and oxygen atoms in total. The minimum atomic E-state index is -0.166. The predicted molar refractivity (Wildman–Crippen MR) is 112 cm³/mol. The van der Waals surface area contributed by atoms with Crippen LogP contribution in [0.25, 0.3) is 0 Å². The molecule has 2 amide bonds. The lowest BCUT2D eigenvalue weighted by atomic mass is 10.1. The normalized spacial score (nSPS) is 12.8. The number of hydrogen-bond donors (Lipinski definition) is 3. The summed E-state index contributed by atoms with van der Waals surface area (Å²) in [4.78, 5) is 24.3. The van der Waals surface area contributed by atoms with E-state index in [1.54, 1.807) is 6.08 Å². The summed E-state index contributed by atoms with van der Waals surface area (Å²) in [6.07, 6.45) is 3.59. The van der Waals surface area contributed by atoms with E-state index in [1.165, 1.54) is 0 Å². The third-order valence-electron chi connectivity index (χ3n) is 4.49. The maximum Gasteiger partial charge on any atom is 0.243 e. The third kappa shape index (κ3) is 5.36. The second-order valence-corrected chi connectivity index (χ2v) is 6.77. The van der Waals surface area contributed by atoms with Gasteiger partial charge in [-0.2, -0.15) is 0 Å². The summed E-state index contributed by atoms with van der Waals surface area (Å²) in [5.41, 5.74) is 3.09. The van der Waals surface area contributed by atoms with Crippen molar-refractivity contribution in [2.45, 2.75) is 19.8 Å². The molecule has 0 radical (unpaired) electrons. The Morgan fingerprint density at radius 1 is 1.11 bits per heavy atom. The Balaban J connectivity index is 1.53. The fraction of sp³-hybridized carbons (Fsp3) is 0.273. The Hall–Kier alpha value is -3.28. The maximum atomic E-state index is 12.3. The van der Waals surface area contributed by atoms with Gasteiger partial charge in [-0.15, -0.1) is 0 Å². The van der Waals surface area contributed by atoms with E-state index in [0.29, 0.717) is 12.3 Å². The highest BCUT2D eigenvalue weighted by atomic mass is 16.5. The molecule has 0 atom stereocenters. The van der Waals surface area contributed by atoms with Crippen molar-refractivity contribution in [1.82, 2.24) is 0 Å². The zero-order valence-corrected chi connectivity index (χ0v) is 16.0. The van der Waals surface area contributed by atoms with Gasteiger partial charge in [-0.05, 0) is 61.7 Å². The van der Waals surface area contributed by atoms with Gasteiger partial charge in [0.2, 0.25) is 11.8 Å². The molecule has 0 spiro atoms. The Morgan fingerprint density at radius 2 is 1.79 bits per heavy atom. The number of carbonyl (C=O) groups excluding carboxylic acids is 2. The smallest absolute Gasteiger partial charge is 0.243 e. The molecule has 0 bridgehead atoms. The summed E-state index contributed by atoms with van der Waals surface area (Å²) in [7, 11) is 0. The van der Waals surface area contributed by atoms with Gasteiger partial charge < -0.3 is 20.7 Å². The highest BCUT2D eigenvalue weighted by Gasteiger charge is 2.29. The number of hydrogen-bond acceptors (Lipinski definition) is 4.